The number of nitrogens with zero attached hydrogens (tertiary/aromatic N) is 3. The van der Waals surface area contributed by atoms with E-state index in [9.17, 15) is 0 Å². The zero-order chi connectivity index (χ0) is 13.8. The Hall–Kier alpha value is -0.870. The minimum Gasteiger partial charge on any atom is -0.310 e. The normalized spacial score (nSPS) is 16.8. The van der Waals surface area contributed by atoms with Crippen molar-refractivity contribution in [3.05, 3.63) is 18.0 Å². The Morgan fingerprint density at radius 3 is 2.33 bits per heavy atom. The van der Waals surface area contributed by atoms with Crippen LogP contribution in [-0.4, -0.2) is 40.4 Å². The molecule has 104 valence electrons. The third kappa shape index (κ3) is 2.59. The predicted molar refractivity (Wildman–Crippen MR) is 76.6 cm³/mol. The summed E-state index contributed by atoms with van der Waals surface area (Å²) in [4.78, 5) is 2.53. The van der Waals surface area contributed by atoms with Crippen molar-refractivity contribution < 1.29 is 0 Å². The van der Waals surface area contributed by atoms with Crippen LogP contribution in [0, 0.1) is 0 Å². The van der Waals surface area contributed by atoms with Gasteiger partial charge in [-0.25, -0.2) is 0 Å². The molecule has 0 aromatic carbocycles. The van der Waals surface area contributed by atoms with Crippen LogP contribution in [0.5, 0.6) is 0 Å². The standard InChI is InChI=1S/C14H28N4/c1-7-14(4,18(8-2)9-3)13(15-5)12-10-11-16-17(12)6/h10-11,13,15H,7-9H2,1-6H3. The Bertz CT molecular complexity index is 356. The van der Waals surface area contributed by atoms with Gasteiger partial charge in [0.2, 0.25) is 0 Å². The number of likely N-dealkylation sites (N-methyl/N-ethyl adjacent to an activating group) is 2. The average molecular weight is 252 g/mol. The number of hydrogen-bond donors (Lipinski definition) is 1. The third-order valence-electron chi connectivity index (χ3n) is 4.27. The Balaban J connectivity index is 3.14. The highest BCUT2D eigenvalue weighted by atomic mass is 15.3. The molecule has 0 aliphatic rings. The van der Waals surface area contributed by atoms with E-state index in [2.05, 4.69) is 49.1 Å². The fourth-order valence-electron chi connectivity index (χ4n) is 3.00. The average Bonchev–Trinajstić information content (AvgIpc) is 2.78. The lowest BCUT2D eigenvalue weighted by atomic mass is 9.85. The topological polar surface area (TPSA) is 33.1 Å². The van der Waals surface area contributed by atoms with Gasteiger partial charge in [-0.05, 0) is 39.5 Å². The van der Waals surface area contributed by atoms with Crippen molar-refractivity contribution in [3.8, 4) is 0 Å². The maximum Gasteiger partial charge on any atom is 0.0673 e. The Morgan fingerprint density at radius 2 is 2.00 bits per heavy atom. The van der Waals surface area contributed by atoms with Crippen molar-refractivity contribution >= 4 is 0 Å². The van der Waals surface area contributed by atoms with Crippen LogP contribution in [0.1, 0.15) is 45.9 Å². The van der Waals surface area contributed by atoms with E-state index in [0.717, 1.165) is 19.5 Å². The molecule has 1 N–H and O–H groups in total. The van der Waals surface area contributed by atoms with Crippen molar-refractivity contribution in [3.63, 3.8) is 0 Å². The van der Waals surface area contributed by atoms with Crippen molar-refractivity contribution in [1.82, 2.24) is 20.0 Å². The van der Waals surface area contributed by atoms with Gasteiger partial charge in [-0.2, -0.15) is 5.10 Å². The van der Waals surface area contributed by atoms with Crippen molar-refractivity contribution in [2.24, 2.45) is 7.05 Å². The lowest BCUT2D eigenvalue weighted by molar-refractivity contribution is 0.0698. The summed E-state index contributed by atoms with van der Waals surface area (Å²) in [5.74, 6) is 0. The summed E-state index contributed by atoms with van der Waals surface area (Å²) in [7, 11) is 4.05. The predicted octanol–water partition coefficient (Wildman–Crippen LogP) is 2.19. The summed E-state index contributed by atoms with van der Waals surface area (Å²) >= 11 is 0. The summed E-state index contributed by atoms with van der Waals surface area (Å²) in [5, 5.41) is 7.79. The Kier molecular flexibility index (Phi) is 5.35. The number of nitrogens with one attached hydrogen (secondary N) is 1. The highest BCUT2D eigenvalue weighted by Gasteiger charge is 2.38. The molecule has 0 amide bonds. The maximum absolute atomic E-state index is 4.30. The van der Waals surface area contributed by atoms with Crippen molar-refractivity contribution in [2.75, 3.05) is 20.1 Å². The molecule has 0 aliphatic carbocycles. The smallest absolute Gasteiger partial charge is 0.0673 e. The molecule has 0 radical (unpaired) electrons. The van der Waals surface area contributed by atoms with Gasteiger partial charge in [-0.1, -0.05) is 20.8 Å². The molecule has 0 bridgehead atoms. The Labute approximate surface area is 111 Å². The maximum atomic E-state index is 4.30. The second-order valence-electron chi connectivity index (χ2n) is 4.98. The van der Waals surface area contributed by atoms with Crippen LogP contribution >= 0.6 is 0 Å². The van der Waals surface area contributed by atoms with E-state index in [1.165, 1.54) is 5.69 Å². The van der Waals surface area contributed by atoms with Gasteiger partial charge in [0, 0.05) is 18.8 Å². The molecule has 0 fully saturated rings. The largest absolute Gasteiger partial charge is 0.310 e. The Morgan fingerprint density at radius 1 is 1.39 bits per heavy atom. The van der Waals surface area contributed by atoms with Crippen LogP contribution < -0.4 is 5.32 Å². The first-order chi connectivity index (χ1) is 8.54. The van der Waals surface area contributed by atoms with Gasteiger partial charge < -0.3 is 5.32 Å². The third-order valence-corrected chi connectivity index (χ3v) is 4.27. The van der Waals surface area contributed by atoms with Crippen LogP contribution in [-0.2, 0) is 7.05 Å². The van der Waals surface area contributed by atoms with E-state index in [0.29, 0.717) is 0 Å². The molecule has 0 saturated heterocycles. The first-order valence-electron chi connectivity index (χ1n) is 6.95. The zero-order valence-electron chi connectivity index (χ0n) is 12.7. The van der Waals surface area contributed by atoms with Crippen LogP contribution in [0.4, 0.5) is 0 Å². The quantitative estimate of drug-likeness (QED) is 0.807. The summed E-state index contributed by atoms with van der Waals surface area (Å²) < 4.78 is 1.97. The van der Waals surface area contributed by atoms with E-state index >= 15 is 0 Å². The summed E-state index contributed by atoms with van der Waals surface area (Å²) in [6.45, 7) is 11.2. The SMILES string of the molecule is CCN(CC)C(C)(CC)C(NC)c1ccnn1C. The first kappa shape index (κ1) is 15.2. The molecule has 1 heterocycles. The van der Waals surface area contributed by atoms with E-state index in [1.54, 1.807) is 0 Å². The van der Waals surface area contributed by atoms with Crippen LogP contribution in [0.3, 0.4) is 0 Å². The van der Waals surface area contributed by atoms with E-state index in [-0.39, 0.29) is 11.6 Å². The number of rotatable bonds is 7. The molecule has 2 unspecified atom stereocenters. The lowest BCUT2D eigenvalue weighted by Crippen LogP contribution is -2.54. The van der Waals surface area contributed by atoms with Gasteiger partial charge in [0.1, 0.15) is 0 Å². The second-order valence-corrected chi connectivity index (χ2v) is 4.98. The van der Waals surface area contributed by atoms with E-state index < -0.39 is 0 Å². The van der Waals surface area contributed by atoms with Crippen LogP contribution in [0.15, 0.2) is 12.3 Å². The molecule has 2 atom stereocenters. The van der Waals surface area contributed by atoms with Crippen molar-refractivity contribution in [2.45, 2.75) is 45.7 Å². The number of hydrogen-bond acceptors (Lipinski definition) is 3. The molecule has 4 heteroatoms. The molecule has 1 rings (SSSR count). The van der Waals surface area contributed by atoms with Gasteiger partial charge in [0.25, 0.3) is 0 Å². The van der Waals surface area contributed by atoms with Crippen LogP contribution in [0.2, 0.25) is 0 Å². The minimum absolute atomic E-state index is 0.103. The molecule has 4 nitrogen and oxygen atoms in total. The molecule has 0 saturated carbocycles. The highest BCUT2D eigenvalue weighted by molar-refractivity contribution is 5.14. The monoisotopic (exact) mass is 252 g/mol. The summed E-state index contributed by atoms with van der Waals surface area (Å²) in [5.41, 5.74) is 1.35. The summed E-state index contributed by atoms with van der Waals surface area (Å²) in [6.07, 6.45) is 2.98. The highest BCUT2D eigenvalue weighted by Crippen LogP contribution is 2.33. The van der Waals surface area contributed by atoms with E-state index in [1.807, 2.05) is 25.0 Å². The molecule has 1 aromatic heterocycles. The van der Waals surface area contributed by atoms with Gasteiger partial charge >= 0.3 is 0 Å². The lowest BCUT2D eigenvalue weighted by Gasteiger charge is -2.45. The number of aromatic nitrogens is 2. The van der Waals surface area contributed by atoms with Gasteiger partial charge in [0.15, 0.2) is 0 Å². The van der Waals surface area contributed by atoms with Gasteiger partial charge in [-0.3, -0.25) is 9.58 Å². The van der Waals surface area contributed by atoms with Crippen molar-refractivity contribution in [1.29, 1.82) is 0 Å². The fourth-order valence-corrected chi connectivity index (χ4v) is 3.00. The minimum atomic E-state index is 0.103. The molecule has 18 heavy (non-hydrogen) atoms. The first-order valence-corrected chi connectivity index (χ1v) is 6.95. The van der Waals surface area contributed by atoms with Gasteiger partial charge in [-0.15, -0.1) is 0 Å². The van der Waals surface area contributed by atoms with E-state index in [4.69, 9.17) is 0 Å². The van der Waals surface area contributed by atoms with Crippen LogP contribution in [0.25, 0.3) is 0 Å². The number of aryl methyl sites for hydroxylation is 1. The zero-order valence-corrected chi connectivity index (χ0v) is 12.7. The van der Waals surface area contributed by atoms with Gasteiger partial charge in [0.05, 0.1) is 11.7 Å². The molecule has 0 aliphatic heterocycles. The molecule has 0 spiro atoms. The second kappa shape index (κ2) is 6.34. The fraction of sp³-hybridized carbons (Fsp3) is 0.786. The summed E-state index contributed by atoms with van der Waals surface area (Å²) in [6, 6.07) is 2.40. The molecular weight excluding hydrogens is 224 g/mol. The molecular formula is C14H28N4. The molecule has 1 aromatic rings.